The summed E-state index contributed by atoms with van der Waals surface area (Å²) in [6.45, 7) is 0. The van der Waals surface area contributed by atoms with Crippen LogP contribution >= 0.6 is 15.9 Å². The summed E-state index contributed by atoms with van der Waals surface area (Å²) in [7, 11) is 1.86. The summed E-state index contributed by atoms with van der Waals surface area (Å²) >= 11 is 3.45. The van der Waals surface area contributed by atoms with Gasteiger partial charge in [-0.2, -0.15) is 5.10 Å². The fourth-order valence-electron chi connectivity index (χ4n) is 2.85. The van der Waals surface area contributed by atoms with Gasteiger partial charge in [-0.05, 0) is 23.8 Å². The Kier molecular flexibility index (Phi) is 5.77. The minimum Gasteiger partial charge on any atom is -0.235 e. The van der Waals surface area contributed by atoms with Crippen LogP contribution in [-0.4, -0.2) is 23.2 Å². The summed E-state index contributed by atoms with van der Waals surface area (Å²) in [4.78, 5) is 9.50. The third-order valence-corrected chi connectivity index (χ3v) is 4.92. The lowest BCUT2D eigenvalue weighted by molar-refractivity contribution is 0.938. The predicted molar refractivity (Wildman–Crippen MR) is 123 cm³/mol. The molecule has 0 aliphatic heterocycles. The van der Waals surface area contributed by atoms with E-state index in [0.29, 0.717) is 5.95 Å². The topological polar surface area (TPSA) is 41.4 Å². The molecule has 0 aliphatic carbocycles. The van der Waals surface area contributed by atoms with E-state index < -0.39 is 0 Å². The number of hydrazone groups is 1. The van der Waals surface area contributed by atoms with E-state index in [4.69, 9.17) is 9.97 Å². The molecule has 0 saturated heterocycles. The lowest BCUT2D eigenvalue weighted by Gasteiger charge is -2.14. The minimum absolute atomic E-state index is 0.540. The number of benzene rings is 3. The van der Waals surface area contributed by atoms with Crippen molar-refractivity contribution in [2.24, 2.45) is 5.10 Å². The van der Waals surface area contributed by atoms with Crippen molar-refractivity contribution in [2.45, 2.75) is 0 Å². The van der Waals surface area contributed by atoms with Crippen LogP contribution in [-0.2, 0) is 0 Å². The molecule has 3 aromatic carbocycles. The molecule has 0 spiro atoms. The van der Waals surface area contributed by atoms with Crippen molar-refractivity contribution in [1.29, 1.82) is 0 Å². The Morgan fingerprint density at radius 1 is 0.759 bits per heavy atom. The molecule has 0 amide bonds. The van der Waals surface area contributed by atoms with Crippen LogP contribution in [0, 0.1) is 0 Å². The number of hydrogen-bond acceptors (Lipinski definition) is 4. The zero-order chi connectivity index (χ0) is 20.1. The third-order valence-electron chi connectivity index (χ3n) is 4.39. The highest BCUT2D eigenvalue weighted by atomic mass is 79.9. The van der Waals surface area contributed by atoms with E-state index in [1.54, 1.807) is 11.2 Å². The van der Waals surface area contributed by atoms with Crippen LogP contribution in [0.1, 0.15) is 5.56 Å². The number of aromatic nitrogens is 2. The van der Waals surface area contributed by atoms with Crippen molar-refractivity contribution >= 4 is 28.1 Å². The Morgan fingerprint density at radius 2 is 1.28 bits per heavy atom. The maximum Gasteiger partial charge on any atom is 0.247 e. The SMILES string of the molecule is CN(N=Cc1ccc(Br)cc1)c1nc(-c2ccccc2)cc(-c2ccccc2)n1. The molecular formula is C24H19BrN4. The van der Waals surface area contributed by atoms with E-state index in [1.165, 1.54) is 0 Å². The first-order chi connectivity index (χ1) is 14.2. The molecule has 0 radical (unpaired) electrons. The maximum absolute atomic E-state index is 4.75. The van der Waals surface area contributed by atoms with Gasteiger partial charge in [-0.15, -0.1) is 0 Å². The van der Waals surface area contributed by atoms with Gasteiger partial charge in [-0.1, -0.05) is 88.7 Å². The average Bonchev–Trinajstić information content (AvgIpc) is 2.79. The summed E-state index contributed by atoms with van der Waals surface area (Å²) in [6.07, 6.45) is 1.80. The number of hydrogen-bond donors (Lipinski definition) is 0. The molecule has 0 N–H and O–H groups in total. The van der Waals surface area contributed by atoms with Gasteiger partial charge in [0.15, 0.2) is 0 Å². The van der Waals surface area contributed by atoms with E-state index in [1.807, 2.05) is 98.0 Å². The first-order valence-electron chi connectivity index (χ1n) is 9.22. The van der Waals surface area contributed by atoms with E-state index in [2.05, 4.69) is 21.0 Å². The van der Waals surface area contributed by atoms with Crippen molar-refractivity contribution < 1.29 is 0 Å². The fraction of sp³-hybridized carbons (Fsp3) is 0.0417. The van der Waals surface area contributed by atoms with Crippen molar-refractivity contribution in [1.82, 2.24) is 9.97 Å². The van der Waals surface area contributed by atoms with Gasteiger partial charge in [0.2, 0.25) is 5.95 Å². The molecule has 0 saturated carbocycles. The Labute approximate surface area is 178 Å². The standard InChI is InChI=1S/C24H19BrN4/c1-29(26-17-18-12-14-21(25)15-13-18)24-27-22(19-8-4-2-5-9-19)16-23(28-24)20-10-6-3-7-11-20/h2-17H,1H3. The minimum atomic E-state index is 0.540. The highest BCUT2D eigenvalue weighted by molar-refractivity contribution is 9.10. The second kappa shape index (κ2) is 8.80. The zero-order valence-corrected chi connectivity index (χ0v) is 17.5. The smallest absolute Gasteiger partial charge is 0.235 e. The van der Waals surface area contributed by atoms with Crippen molar-refractivity contribution in [3.63, 3.8) is 0 Å². The van der Waals surface area contributed by atoms with Gasteiger partial charge in [0.05, 0.1) is 17.6 Å². The normalized spacial score (nSPS) is 11.0. The van der Waals surface area contributed by atoms with Gasteiger partial charge in [0, 0.05) is 22.6 Å². The van der Waals surface area contributed by atoms with Crippen LogP contribution in [0.15, 0.2) is 101 Å². The van der Waals surface area contributed by atoms with Crippen LogP contribution in [0.2, 0.25) is 0 Å². The van der Waals surface area contributed by atoms with E-state index in [0.717, 1.165) is 32.6 Å². The Balaban J connectivity index is 1.72. The van der Waals surface area contributed by atoms with Gasteiger partial charge >= 0.3 is 0 Å². The van der Waals surface area contributed by atoms with Crippen LogP contribution in [0.3, 0.4) is 0 Å². The Hall–Kier alpha value is -3.31. The first kappa shape index (κ1) is 19.0. The van der Waals surface area contributed by atoms with Gasteiger partial charge in [-0.25, -0.2) is 15.0 Å². The third kappa shape index (κ3) is 4.76. The van der Waals surface area contributed by atoms with Crippen molar-refractivity contribution in [3.05, 3.63) is 101 Å². The molecule has 1 heterocycles. The number of anilines is 1. The highest BCUT2D eigenvalue weighted by Crippen LogP contribution is 2.26. The second-order valence-electron chi connectivity index (χ2n) is 6.49. The molecule has 4 aromatic rings. The molecule has 0 atom stereocenters. The molecule has 0 unspecified atom stereocenters. The van der Waals surface area contributed by atoms with Gasteiger partial charge < -0.3 is 0 Å². The van der Waals surface area contributed by atoms with Gasteiger partial charge in [0.25, 0.3) is 0 Å². The number of halogens is 1. The molecule has 5 heteroatoms. The molecule has 29 heavy (non-hydrogen) atoms. The molecule has 0 fully saturated rings. The largest absolute Gasteiger partial charge is 0.247 e. The van der Waals surface area contributed by atoms with Crippen LogP contribution in [0.4, 0.5) is 5.95 Å². The quantitative estimate of drug-likeness (QED) is 0.279. The van der Waals surface area contributed by atoms with Crippen LogP contribution in [0.5, 0.6) is 0 Å². The summed E-state index contributed by atoms with van der Waals surface area (Å²) in [5, 5.41) is 6.23. The summed E-state index contributed by atoms with van der Waals surface area (Å²) in [5.41, 5.74) is 4.81. The second-order valence-corrected chi connectivity index (χ2v) is 7.41. The molecule has 4 nitrogen and oxygen atoms in total. The lowest BCUT2D eigenvalue weighted by Crippen LogP contribution is -2.13. The molecule has 142 valence electrons. The van der Waals surface area contributed by atoms with Crippen molar-refractivity contribution in [3.8, 4) is 22.5 Å². The van der Waals surface area contributed by atoms with E-state index in [9.17, 15) is 0 Å². The highest BCUT2D eigenvalue weighted by Gasteiger charge is 2.11. The van der Waals surface area contributed by atoms with Gasteiger partial charge in [0.1, 0.15) is 0 Å². The predicted octanol–water partition coefficient (Wildman–Crippen LogP) is 6.04. The monoisotopic (exact) mass is 442 g/mol. The van der Waals surface area contributed by atoms with Crippen LogP contribution < -0.4 is 5.01 Å². The summed E-state index contributed by atoms with van der Waals surface area (Å²) in [6, 6.07) is 30.2. The number of rotatable bonds is 5. The molecule has 0 bridgehead atoms. The van der Waals surface area contributed by atoms with Crippen LogP contribution in [0.25, 0.3) is 22.5 Å². The fourth-order valence-corrected chi connectivity index (χ4v) is 3.11. The van der Waals surface area contributed by atoms with E-state index >= 15 is 0 Å². The summed E-state index contributed by atoms with van der Waals surface area (Å²) in [5.74, 6) is 0.540. The number of nitrogens with zero attached hydrogens (tertiary/aromatic N) is 4. The Morgan fingerprint density at radius 3 is 1.79 bits per heavy atom. The average molecular weight is 443 g/mol. The summed E-state index contributed by atoms with van der Waals surface area (Å²) < 4.78 is 1.04. The maximum atomic E-state index is 4.75. The molecule has 1 aromatic heterocycles. The molecular weight excluding hydrogens is 424 g/mol. The Bertz CT molecular complexity index is 1050. The van der Waals surface area contributed by atoms with Crippen molar-refractivity contribution in [2.75, 3.05) is 12.1 Å². The first-order valence-corrected chi connectivity index (χ1v) is 10.0. The van der Waals surface area contributed by atoms with E-state index in [-0.39, 0.29) is 0 Å². The lowest BCUT2D eigenvalue weighted by atomic mass is 10.1. The zero-order valence-electron chi connectivity index (χ0n) is 15.9. The molecule has 0 aliphatic rings. The molecule has 4 rings (SSSR count). The van der Waals surface area contributed by atoms with Gasteiger partial charge in [-0.3, -0.25) is 0 Å².